The van der Waals surface area contributed by atoms with Crippen molar-refractivity contribution < 1.29 is 5.11 Å². The van der Waals surface area contributed by atoms with Crippen LogP contribution in [0.4, 0.5) is 0 Å². The molecule has 18 heavy (non-hydrogen) atoms. The first kappa shape index (κ1) is 13.4. The van der Waals surface area contributed by atoms with Crippen molar-refractivity contribution >= 4 is 11.8 Å². The van der Waals surface area contributed by atoms with Gasteiger partial charge in [0.1, 0.15) is 0 Å². The Kier molecular flexibility index (Phi) is 3.64. The minimum Gasteiger partial charge on any atom is -0.387 e. The highest BCUT2D eigenvalue weighted by Gasteiger charge is 2.46. The third-order valence-electron chi connectivity index (χ3n) is 3.27. The molecule has 1 heterocycles. The first-order valence-electron chi connectivity index (χ1n) is 6.10. The molecule has 0 amide bonds. The maximum atomic E-state index is 10.4. The van der Waals surface area contributed by atoms with Crippen molar-refractivity contribution in [1.82, 2.24) is 4.98 Å². The average Bonchev–Trinajstić information content (AvgIpc) is 2.32. The highest BCUT2D eigenvalue weighted by molar-refractivity contribution is 8.00. The smallest absolute Gasteiger partial charge is 0.0969 e. The second-order valence-electron chi connectivity index (χ2n) is 5.50. The third-order valence-corrected chi connectivity index (χ3v) is 5.05. The van der Waals surface area contributed by atoms with Crippen molar-refractivity contribution in [3.63, 3.8) is 0 Å². The molecule has 0 radical (unpaired) electrons. The fraction of sp³-hybridized carbons (Fsp3) is 0.400. The predicted molar refractivity (Wildman–Crippen MR) is 76.6 cm³/mol. The molecule has 0 aromatic carbocycles. The number of nitrogens with zero attached hydrogens (tertiary/aromatic N) is 1. The fourth-order valence-corrected chi connectivity index (χ4v) is 3.39. The highest BCUT2D eigenvalue weighted by Crippen LogP contribution is 2.49. The maximum absolute atomic E-state index is 10.4. The number of aliphatic hydroxyl groups is 1. The van der Waals surface area contributed by atoms with Crippen molar-refractivity contribution in [3.8, 4) is 0 Å². The van der Waals surface area contributed by atoms with Crippen LogP contribution in [0.2, 0.25) is 0 Å². The summed E-state index contributed by atoms with van der Waals surface area (Å²) >= 11 is 1.63. The van der Waals surface area contributed by atoms with Crippen molar-refractivity contribution in [1.29, 1.82) is 0 Å². The van der Waals surface area contributed by atoms with Crippen molar-refractivity contribution in [3.05, 3.63) is 48.7 Å². The number of hydrogen-bond donors (Lipinski definition) is 1. The van der Waals surface area contributed by atoms with Gasteiger partial charge in [0.25, 0.3) is 0 Å². The number of thioether (sulfide) groups is 1. The largest absolute Gasteiger partial charge is 0.387 e. The van der Waals surface area contributed by atoms with Crippen LogP contribution in [0.1, 0.15) is 20.8 Å². The summed E-state index contributed by atoms with van der Waals surface area (Å²) in [6.45, 7) is 6.45. The number of pyridine rings is 1. The van der Waals surface area contributed by atoms with E-state index in [9.17, 15) is 5.11 Å². The highest BCUT2D eigenvalue weighted by atomic mass is 32.2. The maximum Gasteiger partial charge on any atom is 0.0969 e. The molecular formula is C15H19NOS. The second kappa shape index (κ2) is 4.90. The van der Waals surface area contributed by atoms with E-state index in [-0.39, 0.29) is 10.2 Å². The van der Waals surface area contributed by atoms with E-state index in [0.29, 0.717) is 0 Å². The Balaban J connectivity index is 2.39. The van der Waals surface area contributed by atoms with Gasteiger partial charge in [-0.1, -0.05) is 62.9 Å². The van der Waals surface area contributed by atoms with Crippen LogP contribution in [0.5, 0.6) is 0 Å². The Bertz CT molecular complexity index is 461. The fourth-order valence-electron chi connectivity index (χ4n) is 2.13. The van der Waals surface area contributed by atoms with Gasteiger partial charge in [-0.2, -0.15) is 0 Å². The molecule has 1 N–H and O–H groups in total. The van der Waals surface area contributed by atoms with Gasteiger partial charge in [-0.25, -0.2) is 4.98 Å². The average molecular weight is 261 g/mol. The molecule has 0 saturated heterocycles. The van der Waals surface area contributed by atoms with E-state index < -0.39 is 6.10 Å². The Morgan fingerprint density at radius 3 is 2.61 bits per heavy atom. The zero-order valence-electron chi connectivity index (χ0n) is 11.0. The van der Waals surface area contributed by atoms with Crippen LogP contribution in [0, 0.1) is 5.41 Å². The number of aliphatic hydroxyl groups excluding tert-OH is 1. The lowest BCUT2D eigenvalue weighted by Crippen LogP contribution is -2.48. The number of allylic oxidation sites excluding steroid dienone is 2. The molecule has 96 valence electrons. The van der Waals surface area contributed by atoms with Crippen LogP contribution in [-0.2, 0) is 0 Å². The van der Waals surface area contributed by atoms with Gasteiger partial charge in [0.2, 0.25) is 0 Å². The Hall–Kier alpha value is -1.06. The van der Waals surface area contributed by atoms with Gasteiger partial charge in [-0.05, 0) is 17.5 Å². The second-order valence-corrected chi connectivity index (χ2v) is 6.80. The first-order chi connectivity index (χ1) is 8.46. The molecule has 0 aliphatic heterocycles. The number of hydrogen-bond acceptors (Lipinski definition) is 3. The number of aromatic nitrogens is 1. The molecular weight excluding hydrogens is 242 g/mol. The van der Waals surface area contributed by atoms with Crippen molar-refractivity contribution in [2.45, 2.75) is 36.6 Å². The summed E-state index contributed by atoms with van der Waals surface area (Å²) in [4.78, 5) is 4.36. The molecule has 3 heteroatoms. The minimum absolute atomic E-state index is 0.0735. The van der Waals surface area contributed by atoms with Crippen molar-refractivity contribution in [2.75, 3.05) is 0 Å². The zero-order valence-corrected chi connectivity index (χ0v) is 11.8. The van der Waals surface area contributed by atoms with E-state index in [1.54, 1.807) is 18.0 Å². The normalized spacial score (nSPS) is 27.4. The molecule has 0 fully saturated rings. The molecule has 1 aliphatic carbocycles. The lowest BCUT2D eigenvalue weighted by atomic mass is 9.74. The van der Waals surface area contributed by atoms with Gasteiger partial charge in [0.15, 0.2) is 0 Å². The van der Waals surface area contributed by atoms with E-state index in [2.05, 4.69) is 31.8 Å². The quantitative estimate of drug-likeness (QED) is 0.885. The standard InChI is InChI=1S/C15H19NOS/c1-14(2,3)15(10-6-4-8-12(15)17)18-13-9-5-7-11-16-13/h4-12,17H,1-3H3. The summed E-state index contributed by atoms with van der Waals surface area (Å²) in [6, 6.07) is 5.86. The van der Waals surface area contributed by atoms with Gasteiger partial charge >= 0.3 is 0 Å². The van der Waals surface area contributed by atoms with Gasteiger partial charge in [0.05, 0.1) is 15.9 Å². The summed E-state index contributed by atoms with van der Waals surface area (Å²) in [5.74, 6) is 0. The molecule has 0 saturated carbocycles. The lowest BCUT2D eigenvalue weighted by molar-refractivity contribution is 0.131. The first-order valence-corrected chi connectivity index (χ1v) is 6.91. The Morgan fingerprint density at radius 1 is 1.28 bits per heavy atom. The molecule has 2 atom stereocenters. The number of rotatable bonds is 2. The summed E-state index contributed by atoms with van der Waals surface area (Å²) in [5.41, 5.74) is -0.0735. The van der Waals surface area contributed by atoms with Crippen molar-refractivity contribution in [2.24, 2.45) is 5.41 Å². The van der Waals surface area contributed by atoms with E-state index in [1.807, 2.05) is 36.4 Å². The summed E-state index contributed by atoms with van der Waals surface area (Å²) in [5, 5.41) is 11.4. The molecule has 1 aromatic rings. The predicted octanol–water partition coefficient (Wildman–Crippen LogP) is 3.45. The van der Waals surface area contributed by atoms with E-state index in [1.165, 1.54) is 0 Å². The monoisotopic (exact) mass is 261 g/mol. The summed E-state index contributed by atoms with van der Waals surface area (Å²) in [7, 11) is 0. The summed E-state index contributed by atoms with van der Waals surface area (Å²) < 4.78 is -0.379. The van der Waals surface area contributed by atoms with E-state index >= 15 is 0 Å². The molecule has 2 nitrogen and oxygen atoms in total. The summed E-state index contributed by atoms with van der Waals surface area (Å²) in [6.07, 6.45) is 9.13. The SMILES string of the molecule is CC(C)(C)C1(Sc2ccccn2)C=CC=CC1O. The lowest BCUT2D eigenvalue weighted by Gasteiger charge is -2.45. The van der Waals surface area contributed by atoms with Gasteiger partial charge in [0, 0.05) is 6.20 Å². The van der Waals surface area contributed by atoms with Crippen LogP contribution in [-0.4, -0.2) is 20.9 Å². The molecule has 1 aliphatic rings. The Morgan fingerprint density at radius 2 is 2.06 bits per heavy atom. The minimum atomic E-state index is -0.505. The van der Waals surface area contributed by atoms with Crippen LogP contribution < -0.4 is 0 Å². The molecule has 2 unspecified atom stereocenters. The van der Waals surface area contributed by atoms with E-state index in [4.69, 9.17) is 0 Å². The van der Waals surface area contributed by atoms with Crippen LogP contribution in [0.15, 0.2) is 53.7 Å². The molecule has 1 aromatic heterocycles. The van der Waals surface area contributed by atoms with Crippen LogP contribution in [0.25, 0.3) is 0 Å². The third kappa shape index (κ3) is 2.38. The molecule has 0 bridgehead atoms. The molecule has 0 spiro atoms. The van der Waals surface area contributed by atoms with Gasteiger partial charge in [-0.3, -0.25) is 0 Å². The van der Waals surface area contributed by atoms with Crippen LogP contribution in [0.3, 0.4) is 0 Å². The van der Waals surface area contributed by atoms with Gasteiger partial charge < -0.3 is 5.11 Å². The zero-order chi connectivity index (χ0) is 13.2. The topological polar surface area (TPSA) is 33.1 Å². The Labute approximate surface area is 113 Å². The van der Waals surface area contributed by atoms with E-state index in [0.717, 1.165) is 5.03 Å². The van der Waals surface area contributed by atoms with Gasteiger partial charge in [-0.15, -0.1) is 0 Å². The molecule has 2 rings (SSSR count). The van der Waals surface area contributed by atoms with Crippen LogP contribution >= 0.6 is 11.8 Å².